The number of morpholine rings is 1. The van der Waals surface area contributed by atoms with Crippen molar-refractivity contribution in [2.45, 2.75) is 19.0 Å². The van der Waals surface area contributed by atoms with Crippen LogP contribution in [0.3, 0.4) is 0 Å². The van der Waals surface area contributed by atoms with Crippen molar-refractivity contribution in [2.24, 2.45) is 5.73 Å². The minimum Gasteiger partial charge on any atom is -0.379 e. The molecule has 22 heavy (non-hydrogen) atoms. The number of rotatable bonds is 3. The highest BCUT2D eigenvalue weighted by molar-refractivity contribution is 5.94. The molecule has 2 aliphatic rings. The number of hydrogen-bond donors (Lipinski definition) is 1. The molecular weight excluding hydrogens is 302 g/mol. The van der Waals surface area contributed by atoms with Gasteiger partial charge in [0.2, 0.25) is 0 Å². The van der Waals surface area contributed by atoms with Crippen LogP contribution in [0.15, 0.2) is 24.3 Å². The number of nitrogens with zero attached hydrogens (tertiary/aromatic N) is 2. The molecule has 1 aromatic rings. The summed E-state index contributed by atoms with van der Waals surface area (Å²) in [4.78, 5) is 16.9. The van der Waals surface area contributed by atoms with E-state index in [0.29, 0.717) is 12.6 Å². The van der Waals surface area contributed by atoms with E-state index in [-0.39, 0.29) is 18.3 Å². The van der Waals surface area contributed by atoms with E-state index in [1.807, 2.05) is 29.2 Å². The molecule has 0 bridgehead atoms. The van der Waals surface area contributed by atoms with Gasteiger partial charge in [0.25, 0.3) is 5.91 Å². The lowest BCUT2D eigenvalue weighted by Crippen LogP contribution is -2.45. The van der Waals surface area contributed by atoms with Gasteiger partial charge in [-0.05, 0) is 24.1 Å². The molecule has 2 aliphatic heterocycles. The van der Waals surface area contributed by atoms with E-state index in [9.17, 15) is 4.79 Å². The summed E-state index contributed by atoms with van der Waals surface area (Å²) in [6.45, 7) is 5.78. The normalized spacial score (nSPS) is 22.4. The number of ether oxygens (including phenoxy) is 1. The second-order valence-electron chi connectivity index (χ2n) is 5.74. The molecule has 122 valence electrons. The minimum absolute atomic E-state index is 0. The number of halogens is 1. The molecule has 0 aromatic heterocycles. The van der Waals surface area contributed by atoms with Crippen LogP contribution in [0.5, 0.6) is 0 Å². The second-order valence-corrected chi connectivity index (χ2v) is 5.74. The van der Waals surface area contributed by atoms with Gasteiger partial charge >= 0.3 is 0 Å². The summed E-state index contributed by atoms with van der Waals surface area (Å²) in [5.74, 6) is 0.134. The Bertz CT molecular complexity index is 489. The van der Waals surface area contributed by atoms with Gasteiger partial charge in [-0.3, -0.25) is 9.69 Å². The monoisotopic (exact) mass is 325 g/mol. The number of carbonyl (C=O) groups is 1. The molecule has 2 fully saturated rings. The van der Waals surface area contributed by atoms with Crippen molar-refractivity contribution < 1.29 is 9.53 Å². The third-order valence-electron chi connectivity index (χ3n) is 4.45. The van der Waals surface area contributed by atoms with Crippen molar-refractivity contribution in [3.05, 3.63) is 35.4 Å². The van der Waals surface area contributed by atoms with E-state index in [2.05, 4.69) is 4.90 Å². The first-order chi connectivity index (χ1) is 10.3. The molecule has 2 N–H and O–H groups in total. The third kappa shape index (κ3) is 3.79. The van der Waals surface area contributed by atoms with Crippen molar-refractivity contribution in [1.29, 1.82) is 0 Å². The molecule has 1 amide bonds. The van der Waals surface area contributed by atoms with Gasteiger partial charge in [0.1, 0.15) is 0 Å². The van der Waals surface area contributed by atoms with Gasteiger partial charge in [0.05, 0.1) is 13.2 Å². The van der Waals surface area contributed by atoms with E-state index >= 15 is 0 Å². The maximum Gasteiger partial charge on any atom is 0.253 e. The standard InChI is InChI=1S/C16H23N3O2.ClH/c17-11-13-1-3-14(4-2-13)16(20)19-6-5-15(12-19)18-7-9-21-10-8-18;/h1-4,15H,5-12,17H2;1H. The molecular formula is C16H24ClN3O2. The summed E-state index contributed by atoms with van der Waals surface area (Å²) in [6.07, 6.45) is 1.06. The molecule has 3 rings (SSSR count). The number of amides is 1. The Morgan fingerprint density at radius 2 is 1.86 bits per heavy atom. The zero-order valence-electron chi connectivity index (χ0n) is 12.7. The first-order valence-corrected chi connectivity index (χ1v) is 7.68. The average molecular weight is 326 g/mol. The Balaban J connectivity index is 0.00000176. The molecule has 0 radical (unpaired) electrons. The fourth-order valence-electron chi connectivity index (χ4n) is 3.13. The van der Waals surface area contributed by atoms with Gasteiger partial charge < -0.3 is 15.4 Å². The SMILES string of the molecule is Cl.NCc1ccc(C(=O)N2CCC(N3CCOCC3)C2)cc1. The van der Waals surface area contributed by atoms with Crippen LogP contribution in [0.4, 0.5) is 0 Å². The highest BCUT2D eigenvalue weighted by Gasteiger charge is 2.31. The lowest BCUT2D eigenvalue weighted by atomic mass is 10.1. The fraction of sp³-hybridized carbons (Fsp3) is 0.562. The van der Waals surface area contributed by atoms with Crippen LogP contribution in [0.2, 0.25) is 0 Å². The Labute approximate surface area is 137 Å². The first-order valence-electron chi connectivity index (χ1n) is 7.68. The van der Waals surface area contributed by atoms with Crippen molar-refractivity contribution in [3.8, 4) is 0 Å². The number of benzene rings is 1. The van der Waals surface area contributed by atoms with E-state index < -0.39 is 0 Å². The Hall–Kier alpha value is -1.14. The number of nitrogens with two attached hydrogens (primary N) is 1. The maximum atomic E-state index is 12.5. The highest BCUT2D eigenvalue weighted by Crippen LogP contribution is 2.19. The summed E-state index contributed by atoms with van der Waals surface area (Å²) < 4.78 is 5.39. The smallest absolute Gasteiger partial charge is 0.253 e. The summed E-state index contributed by atoms with van der Waals surface area (Å²) in [5, 5.41) is 0. The quantitative estimate of drug-likeness (QED) is 0.904. The fourth-order valence-corrected chi connectivity index (χ4v) is 3.13. The zero-order valence-corrected chi connectivity index (χ0v) is 13.6. The summed E-state index contributed by atoms with van der Waals surface area (Å²) in [7, 11) is 0. The van der Waals surface area contributed by atoms with Crippen LogP contribution in [0, 0.1) is 0 Å². The Morgan fingerprint density at radius 3 is 2.50 bits per heavy atom. The van der Waals surface area contributed by atoms with E-state index in [1.165, 1.54) is 0 Å². The first kappa shape index (κ1) is 17.2. The van der Waals surface area contributed by atoms with Gasteiger partial charge in [0.15, 0.2) is 0 Å². The number of carbonyl (C=O) groups excluding carboxylic acids is 1. The van der Waals surface area contributed by atoms with Crippen LogP contribution in [-0.2, 0) is 11.3 Å². The van der Waals surface area contributed by atoms with Crippen molar-refractivity contribution in [1.82, 2.24) is 9.80 Å². The van der Waals surface area contributed by atoms with Crippen LogP contribution < -0.4 is 5.73 Å². The minimum atomic E-state index is 0. The molecule has 2 heterocycles. The highest BCUT2D eigenvalue weighted by atomic mass is 35.5. The molecule has 1 unspecified atom stereocenters. The van der Waals surface area contributed by atoms with Gasteiger partial charge in [-0.1, -0.05) is 12.1 Å². The van der Waals surface area contributed by atoms with Crippen molar-refractivity contribution in [3.63, 3.8) is 0 Å². The second kappa shape index (κ2) is 7.92. The van der Waals surface area contributed by atoms with Crippen molar-refractivity contribution in [2.75, 3.05) is 39.4 Å². The van der Waals surface area contributed by atoms with Crippen LogP contribution >= 0.6 is 12.4 Å². The molecule has 0 spiro atoms. The van der Waals surface area contributed by atoms with Crippen LogP contribution in [-0.4, -0.2) is 61.1 Å². The number of likely N-dealkylation sites (tertiary alicyclic amines) is 1. The predicted octanol–water partition coefficient (Wildman–Crippen LogP) is 1.11. The average Bonchev–Trinajstić information content (AvgIpc) is 3.05. The summed E-state index contributed by atoms with van der Waals surface area (Å²) in [6, 6.07) is 8.12. The zero-order chi connectivity index (χ0) is 14.7. The Morgan fingerprint density at radius 1 is 1.18 bits per heavy atom. The van der Waals surface area contributed by atoms with Gasteiger partial charge in [-0.15, -0.1) is 12.4 Å². The van der Waals surface area contributed by atoms with Crippen LogP contribution in [0.25, 0.3) is 0 Å². The topological polar surface area (TPSA) is 58.8 Å². The summed E-state index contributed by atoms with van der Waals surface area (Å²) in [5.41, 5.74) is 7.40. The Kier molecular flexibility index (Phi) is 6.20. The van der Waals surface area contributed by atoms with E-state index in [4.69, 9.17) is 10.5 Å². The molecule has 1 aromatic carbocycles. The molecule has 6 heteroatoms. The van der Waals surface area contributed by atoms with Crippen LogP contribution in [0.1, 0.15) is 22.3 Å². The van der Waals surface area contributed by atoms with Crippen molar-refractivity contribution >= 4 is 18.3 Å². The third-order valence-corrected chi connectivity index (χ3v) is 4.45. The molecule has 2 saturated heterocycles. The predicted molar refractivity (Wildman–Crippen MR) is 88.3 cm³/mol. The molecule has 0 aliphatic carbocycles. The lowest BCUT2D eigenvalue weighted by Gasteiger charge is -2.32. The van der Waals surface area contributed by atoms with E-state index in [0.717, 1.165) is 56.9 Å². The number of hydrogen-bond acceptors (Lipinski definition) is 4. The largest absolute Gasteiger partial charge is 0.379 e. The lowest BCUT2D eigenvalue weighted by molar-refractivity contribution is 0.0185. The summed E-state index contributed by atoms with van der Waals surface area (Å²) >= 11 is 0. The van der Waals surface area contributed by atoms with Gasteiger partial charge in [-0.25, -0.2) is 0 Å². The molecule has 5 nitrogen and oxygen atoms in total. The van der Waals surface area contributed by atoms with E-state index in [1.54, 1.807) is 0 Å². The van der Waals surface area contributed by atoms with Gasteiger partial charge in [-0.2, -0.15) is 0 Å². The molecule has 0 saturated carbocycles. The maximum absolute atomic E-state index is 12.5. The van der Waals surface area contributed by atoms with Gasteiger partial charge in [0, 0.05) is 44.3 Å². The molecule has 1 atom stereocenters.